The van der Waals surface area contributed by atoms with Crippen molar-refractivity contribution in [2.24, 2.45) is 0 Å². The Kier molecular flexibility index (Phi) is 8.93. The molecule has 1 aliphatic rings. The van der Waals surface area contributed by atoms with E-state index in [4.69, 9.17) is 4.74 Å². The first-order valence-corrected chi connectivity index (χ1v) is 12.2. The minimum Gasteiger partial charge on any atom is -0.484 e. The van der Waals surface area contributed by atoms with Gasteiger partial charge in [-0.3, -0.25) is 9.59 Å². The van der Waals surface area contributed by atoms with E-state index in [2.05, 4.69) is 19.2 Å². The number of nitrogens with zero attached hydrogens (tertiary/aromatic N) is 1. The highest BCUT2D eigenvalue weighted by atomic mass is 16.5. The highest BCUT2D eigenvalue weighted by molar-refractivity contribution is 5.88. The molecule has 1 unspecified atom stereocenters. The summed E-state index contributed by atoms with van der Waals surface area (Å²) in [5, 5.41) is 3.17. The molecule has 2 aromatic carbocycles. The van der Waals surface area contributed by atoms with Crippen LogP contribution in [0.5, 0.6) is 5.75 Å². The summed E-state index contributed by atoms with van der Waals surface area (Å²) in [5.74, 6) is 0.805. The fourth-order valence-corrected chi connectivity index (χ4v) is 4.30. The van der Waals surface area contributed by atoms with Gasteiger partial charge in [-0.05, 0) is 61.4 Å². The first-order chi connectivity index (χ1) is 15.8. The molecule has 0 radical (unpaired) electrons. The van der Waals surface area contributed by atoms with Crippen LogP contribution in [-0.4, -0.2) is 35.4 Å². The Labute approximate surface area is 198 Å². The number of benzene rings is 2. The molecule has 1 saturated carbocycles. The number of rotatable bonds is 9. The molecule has 1 fully saturated rings. The summed E-state index contributed by atoms with van der Waals surface area (Å²) in [7, 11) is 0. The van der Waals surface area contributed by atoms with Gasteiger partial charge in [0.15, 0.2) is 6.61 Å². The predicted octanol–water partition coefficient (Wildman–Crippen LogP) is 5.36. The van der Waals surface area contributed by atoms with Gasteiger partial charge in [-0.25, -0.2) is 0 Å². The second-order valence-electron chi connectivity index (χ2n) is 9.48. The first kappa shape index (κ1) is 24.8. The summed E-state index contributed by atoms with van der Waals surface area (Å²) in [6, 6.07) is 15.4. The lowest BCUT2D eigenvalue weighted by Gasteiger charge is -2.31. The van der Waals surface area contributed by atoms with Crippen LogP contribution in [0.1, 0.15) is 75.5 Å². The lowest BCUT2D eigenvalue weighted by atomic mass is 9.95. The van der Waals surface area contributed by atoms with Crippen molar-refractivity contribution in [3.05, 3.63) is 65.2 Å². The van der Waals surface area contributed by atoms with Gasteiger partial charge in [-0.1, -0.05) is 69.5 Å². The Bertz CT molecular complexity index is 917. The summed E-state index contributed by atoms with van der Waals surface area (Å²) in [6.45, 7) is 8.39. The van der Waals surface area contributed by atoms with Crippen molar-refractivity contribution in [3.63, 3.8) is 0 Å². The monoisotopic (exact) mass is 450 g/mol. The standard InChI is InChI=1S/C28H38N2O3/c1-20(2)23-14-16-26(17-15-23)33-19-27(31)30(18-24-11-9-8-10-21(24)3)22(4)28(32)29-25-12-6-5-7-13-25/h8-11,14-17,20,22,25H,5-7,12-13,18-19H2,1-4H3,(H,29,32). The highest BCUT2D eigenvalue weighted by Crippen LogP contribution is 2.20. The zero-order valence-electron chi connectivity index (χ0n) is 20.5. The molecular weight excluding hydrogens is 412 g/mol. The number of nitrogens with one attached hydrogen (secondary N) is 1. The van der Waals surface area contributed by atoms with Crippen LogP contribution in [0.4, 0.5) is 0 Å². The van der Waals surface area contributed by atoms with E-state index in [1.807, 2.05) is 62.4 Å². The third-order valence-electron chi connectivity index (χ3n) is 6.63. The Morgan fingerprint density at radius 2 is 1.67 bits per heavy atom. The maximum atomic E-state index is 13.3. The number of carbonyl (C=O) groups is 2. The van der Waals surface area contributed by atoms with E-state index < -0.39 is 6.04 Å². The molecule has 1 N–H and O–H groups in total. The van der Waals surface area contributed by atoms with E-state index in [0.29, 0.717) is 18.2 Å². The molecule has 5 heteroatoms. The quantitative estimate of drug-likeness (QED) is 0.559. The molecule has 178 valence electrons. The molecule has 0 heterocycles. The second kappa shape index (κ2) is 11.9. The molecule has 3 rings (SSSR count). The number of hydrogen-bond donors (Lipinski definition) is 1. The van der Waals surface area contributed by atoms with Crippen molar-refractivity contribution in [1.82, 2.24) is 10.2 Å². The fourth-order valence-electron chi connectivity index (χ4n) is 4.30. The first-order valence-electron chi connectivity index (χ1n) is 12.2. The SMILES string of the molecule is Cc1ccccc1CN(C(=O)COc1ccc(C(C)C)cc1)C(C)C(=O)NC1CCCCC1. The predicted molar refractivity (Wildman–Crippen MR) is 132 cm³/mol. The zero-order chi connectivity index (χ0) is 23.8. The lowest BCUT2D eigenvalue weighted by molar-refractivity contribution is -0.142. The van der Waals surface area contributed by atoms with Gasteiger partial charge in [0.1, 0.15) is 11.8 Å². The molecule has 0 saturated heterocycles. The maximum absolute atomic E-state index is 13.3. The van der Waals surface area contributed by atoms with E-state index >= 15 is 0 Å². The Hall–Kier alpha value is -2.82. The third-order valence-corrected chi connectivity index (χ3v) is 6.63. The van der Waals surface area contributed by atoms with Crippen molar-refractivity contribution >= 4 is 11.8 Å². The number of hydrogen-bond acceptors (Lipinski definition) is 3. The van der Waals surface area contributed by atoms with Crippen molar-refractivity contribution < 1.29 is 14.3 Å². The topological polar surface area (TPSA) is 58.6 Å². The zero-order valence-corrected chi connectivity index (χ0v) is 20.5. The highest BCUT2D eigenvalue weighted by Gasteiger charge is 2.28. The minimum absolute atomic E-state index is 0.0925. The third kappa shape index (κ3) is 7.08. The van der Waals surface area contributed by atoms with Gasteiger partial charge in [-0.15, -0.1) is 0 Å². The largest absolute Gasteiger partial charge is 0.484 e. The smallest absolute Gasteiger partial charge is 0.261 e. The molecular formula is C28H38N2O3. The number of amides is 2. The normalized spacial score (nSPS) is 15.2. The van der Waals surface area contributed by atoms with E-state index in [0.717, 1.165) is 36.8 Å². The van der Waals surface area contributed by atoms with Gasteiger partial charge in [-0.2, -0.15) is 0 Å². The molecule has 0 aliphatic heterocycles. The van der Waals surface area contributed by atoms with Crippen LogP contribution in [0.25, 0.3) is 0 Å². The molecule has 2 amide bonds. The van der Waals surface area contributed by atoms with Crippen molar-refractivity contribution in [1.29, 1.82) is 0 Å². The molecule has 2 aromatic rings. The van der Waals surface area contributed by atoms with E-state index in [-0.39, 0.29) is 24.5 Å². The van der Waals surface area contributed by atoms with Crippen LogP contribution in [0.15, 0.2) is 48.5 Å². The molecule has 1 aliphatic carbocycles. The molecule has 33 heavy (non-hydrogen) atoms. The van der Waals surface area contributed by atoms with E-state index in [9.17, 15) is 9.59 Å². The van der Waals surface area contributed by atoms with Gasteiger partial charge >= 0.3 is 0 Å². The summed E-state index contributed by atoms with van der Waals surface area (Å²) >= 11 is 0. The van der Waals surface area contributed by atoms with Crippen molar-refractivity contribution in [3.8, 4) is 5.75 Å². The number of aryl methyl sites for hydroxylation is 1. The van der Waals surface area contributed by atoms with Crippen LogP contribution in [-0.2, 0) is 16.1 Å². The summed E-state index contributed by atoms with van der Waals surface area (Å²) in [5.41, 5.74) is 3.35. The van der Waals surface area contributed by atoms with Gasteiger partial charge in [0.25, 0.3) is 5.91 Å². The van der Waals surface area contributed by atoms with Crippen LogP contribution >= 0.6 is 0 Å². The maximum Gasteiger partial charge on any atom is 0.261 e. The van der Waals surface area contributed by atoms with Gasteiger partial charge < -0.3 is 15.0 Å². The molecule has 0 spiro atoms. The molecule has 5 nitrogen and oxygen atoms in total. The second-order valence-corrected chi connectivity index (χ2v) is 9.48. The van der Waals surface area contributed by atoms with Crippen molar-refractivity contribution in [2.75, 3.05) is 6.61 Å². The van der Waals surface area contributed by atoms with Gasteiger partial charge in [0.2, 0.25) is 5.91 Å². The Morgan fingerprint density at radius 3 is 2.30 bits per heavy atom. The van der Waals surface area contributed by atoms with Gasteiger partial charge in [0, 0.05) is 12.6 Å². The summed E-state index contributed by atoms with van der Waals surface area (Å²) in [6.07, 6.45) is 5.55. The minimum atomic E-state index is -0.578. The number of ether oxygens (including phenoxy) is 1. The van der Waals surface area contributed by atoms with E-state index in [1.165, 1.54) is 12.0 Å². The average Bonchev–Trinajstić information content (AvgIpc) is 2.82. The van der Waals surface area contributed by atoms with E-state index in [1.54, 1.807) is 4.90 Å². The Morgan fingerprint density at radius 1 is 1.00 bits per heavy atom. The molecule has 0 bridgehead atoms. The summed E-state index contributed by atoms with van der Waals surface area (Å²) in [4.78, 5) is 28.0. The Balaban J connectivity index is 1.70. The van der Waals surface area contributed by atoms with Crippen LogP contribution < -0.4 is 10.1 Å². The van der Waals surface area contributed by atoms with Gasteiger partial charge in [0.05, 0.1) is 0 Å². The van der Waals surface area contributed by atoms with Crippen LogP contribution in [0.3, 0.4) is 0 Å². The van der Waals surface area contributed by atoms with Crippen LogP contribution in [0, 0.1) is 6.92 Å². The fraction of sp³-hybridized carbons (Fsp3) is 0.500. The van der Waals surface area contributed by atoms with Crippen LogP contribution in [0.2, 0.25) is 0 Å². The average molecular weight is 451 g/mol. The molecule has 0 aromatic heterocycles. The number of carbonyl (C=O) groups excluding carboxylic acids is 2. The molecule has 1 atom stereocenters. The van der Waals surface area contributed by atoms with Crippen molar-refractivity contribution in [2.45, 2.75) is 84.3 Å². The lowest BCUT2D eigenvalue weighted by Crippen LogP contribution is -2.51. The summed E-state index contributed by atoms with van der Waals surface area (Å²) < 4.78 is 5.81.